The van der Waals surface area contributed by atoms with Crippen LogP contribution in [0.4, 0.5) is 0 Å². The Hall–Kier alpha value is -1.36. The molecule has 0 spiro atoms. The Morgan fingerprint density at radius 3 is 2.68 bits per heavy atom. The van der Waals surface area contributed by atoms with E-state index in [2.05, 4.69) is 18.0 Å². The second-order valence-electron chi connectivity index (χ2n) is 7.69. The molecule has 3 rings (SSSR count). The van der Waals surface area contributed by atoms with Crippen LogP contribution in [0.1, 0.15) is 39.5 Å². The average molecular weight is 308 g/mol. The number of carbonyl (C=O) groups is 2. The Labute approximate surface area is 132 Å². The van der Waals surface area contributed by atoms with Crippen LogP contribution in [0.5, 0.6) is 0 Å². The summed E-state index contributed by atoms with van der Waals surface area (Å²) < 4.78 is 0. The minimum atomic E-state index is -1.10. The van der Waals surface area contributed by atoms with Gasteiger partial charge in [-0.05, 0) is 17.8 Å². The van der Waals surface area contributed by atoms with Crippen LogP contribution in [-0.4, -0.2) is 37.6 Å². The normalized spacial score (nSPS) is 30.8. The van der Waals surface area contributed by atoms with Gasteiger partial charge in [0.05, 0.1) is 19.6 Å². The number of hydrogen-bond donors (Lipinski definition) is 2. The number of aliphatic carboxylic acids is 1. The van der Waals surface area contributed by atoms with E-state index in [0.29, 0.717) is 24.4 Å². The summed E-state index contributed by atoms with van der Waals surface area (Å²) in [6.07, 6.45) is 4.62. The van der Waals surface area contributed by atoms with Crippen molar-refractivity contribution in [3.05, 3.63) is 12.7 Å². The molecule has 3 aliphatic rings. The van der Waals surface area contributed by atoms with Gasteiger partial charge in [0.25, 0.3) is 0 Å². The van der Waals surface area contributed by atoms with Gasteiger partial charge in [-0.15, -0.1) is 6.58 Å². The minimum absolute atomic E-state index is 0.0615. The Balaban J connectivity index is 1.78. The molecule has 3 saturated heterocycles. The monoisotopic (exact) mass is 308 g/mol. The molecule has 22 heavy (non-hydrogen) atoms. The minimum Gasteiger partial charge on any atom is -0.550 e. The number of amides is 1. The Morgan fingerprint density at radius 1 is 1.41 bits per heavy atom. The van der Waals surface area contributed by atoms with E-state index in [-0.39, 0.29) is 18.7 Å². The number of rotatable bonds is 7. The molecule has 0 aromatic carbocycles. The third-order valence-electron chi connectivity index (χ3n) is 5.21. The maximum atomic E-state index is 12.1. The third-order valence-corrected chi connectivity index (χ3v) is 5.21. The summed E-state index contributed by atoms with van der Waals surface area (Å²) in [5.74, 6) is 0.172. The van der Waals surface area contributed by atoms with Gasteiger partial charge in [0.1, 0.15) is 6.04 Å². The molecule has 3 heterocycles. The van der Waals surface area contributed by atoms with Crippen LogP contribution in [0.2, 0.25) is 0 Å². The second-order valence-corrected chi connectivity index (χ2v) is 7.69. The van der Waals surface area contributed by atoms with Gasteiger partial charge in [-0.1, -0.05) is 19.9 Å². The number of fused-ring (bicyclic) bond motifs is 3. The van der Waals surface area contributed by atoms with Crippen molar-refractivity contribution in [2.24, 2.45) is 17.3 Å². The van der Waals surface area contributed by atoms with Crippen molar-refractivity contribution >= 4 is 11.9 Å². The highest BCUT2D eigenvalue weighted by Gasteiger charge is 2.42. The van der Waals surface area contributed by atoms with E-state index in [4.69, 9.17) is 0 Å². The van der Waals surface area contributed by atoms with Gasteiger partial charge in [-0.2, -0.15) is 0 Å². The molecule has 0 aliphatic carbocycles. The first-order valence-corrected chi connectivity index (χ1v) is 8.24. The first-order chi connectivity index (χ1) is 10.3. The number of carboxylic acid groups (broad SMARTS) is 1. The Kier molecular flexibility index (Phi) is 5.27. The molecule has 0 aromatic rings. The van der Waals surface area contributed by atoms with Crippen molar-refractivity contribution in [1.29, 1.82) is 0 Å². The number of quaternary nitrogens is 1. The van der Waals surface area contributed by atoms with Crippen molar-refractivity contribution < 1.29 is 19.6 Å². The molecule has 0 saturated carbocycles. The fraction of sp³-hybridized carbons (Fsp3) is 0.765. The highest BCUT2D eigenvalue weighted by Crippen LogP contribution is 2.27. The van der Waals surface area contributed by atoms with Crippen molar-refractivity contribution in [2.45, 2.75) is 45.6 Å². The fourth-order valence-electron chi connectivity index (χ4n) is 4.04. The summed E-state index contributed by atoms with van der Waals surface area (Å²) in [6, 6.07) is 0.489. The SMILES string of the molecule is C=C[C@H]1C[NH+]2CC[C@@H]1C[C@@H]2CNC(=O)CC(C)(C)CC(=O)[O-]. The molecule has 2 bridgehead atoms. The van der Waals surface area contributed by atoms with E-state index in [1.165, 1.54) is 13.0 Å². The maximum absolute atomic E-state index is 12.1. The van der Waals surface area contributed by atoms with Crippen LogP contribution in [0.3, 0.4) is 0 Å². The van der Waals surface area contributed by atoms with E-state index >= 15 is 0 Å². The predicted molar refractivity (Wildman–Crippen MR) is 81.9 cm³/mol. The molecule has 3 aliphatic heterocycles. The van der Waals surface area contributed by atoms with Crippen molar-refractivity contribution in [1.82, 2.24) is 5.32 Å². The lowest BCUT2D eigenvalue weighted by Crippen LogP contribution is -3.20. The maximum Gasteiger partial charge on any atom is 0.220 e. The van der Waals surface area contributed by atoms with Crippen molar-refractivity contribution in [3.8, 4) is 0 Å². The Bertz CT molecular complexity index is 447. The number of nitrogens with one attached hydrogen (secondary N) is 2. The predicted octanol–water partition coefficient (Wildman–Crippen LogP) is -0.862. The van der Waals surface area contributed by atoms with Crippen LogP contribution >= 0.6 is 0 Å². The van der Waals surface area contributed by atoms with Crippen LogP contribution < -0.4 is 15.3 Å². The molecule has 5 heteroatoms. The average Bonchev–Trinajstić information content (AvgIpc) is 2.43. The quantitative estimate of drug-likeness (QED) is 0.601. The first-order valence-electron chi connectivity index (χ1n) is 8.24. The lowest BCUT2D eigenvalue weighted by atomic mass is 9.75. The van der Waals surface area contributed by atoms with E-state index in [0.717, 1.165) is 13.0 Å². The molecule has 0 radical (unpaired) electrons. The molecular formula is C17H28N2O3. The van der Waals surface area contributed by atoms with Crippen LogP contribution in [0, 0.1) is 17.3 Å². The van der Waals surface area contributed by atoms with Crippen molar-refractivity contribution in [2.75, 3.05) is 19.6 Å². The van der Waals surface area contributed by atoms with E-state index < -0.39 is 11.4 Å². The lowest BCUT2D eigenvalue weighted by Gasteiger charge is -2.46. The highest BCUT2D eigenvalue weighted by atomic mass is 16.4. The van der Waals surface area contributed by atoms with Crippen molar-refractivity contribution in [3.63, 3.8) is 0 Å². The molecule has 124 valence electrons. The van der Waals surface area contributed by atoms with Crippen LogP contribution in [0.25, 0.3) is 0 Å². The Morgan fingerprint density at radius 2 is 2.14 bits per heavy atom. The number of piperidine rings is 3. The molecule has 1 unspecified atom stereocenters. The van der Waals surface area contributed by atoms with Gasteiger partial charge < -0.3 is 20.1 Å². The van der Waals surface area contributed by atoms with E-state index in [1.54, 1.807) is 18.7 Å². The molecule has 5 nitrogen and oxygen atoms in total. The number of carboxylic acids is 1. The molecule has 4 atom stereocenters. The molecule has 3 fully saturated rings. The topological polar surface area (TPSA) is 73.7 Å². The molecule has 0 aromatic heterocycles. The lowest BCUT2D eigenvalue weighted by molar-refractivity contribution is -0.944. The summed E-state index contributed by atoms with van der Waals surface area (Å²) in [6.45, 7) is 10.5. The largest absolute Gasteiger partial charge is 0.550 e. The van der Waals surface area contributed by atoms with E-state index in [1.807, 2.05) is 0 Å². The van der Waals surface area contributed by atoms with Crippen LogP contribution in [-0.2, 0) is 9.59 Å². The highest BCUT2D eigenvalue weighted by molar-refractivity contribution is 5.77. The summed E-state index contributed by atoms with van der Waals surface area (Å²) >= 11 is 0. The number of carbonyl (C=O) groups excluding carboxylic acids is 2. The molecule has 1 amide bonds. The van der Waals surface area contributed by atoms with Crippen LogP contribution in [0.15, 0.2) is 12.7 Å². The zero-order valence-electron chi connectivity index (χ0n) is 13.7. The fourth-order valence-corrected chi connectivity index (χ4v) is 4.04. The van der Waals surface area contributed by atoms with Gasteiger partial charge >= 0.3 is 0 Å². The van der Waals surface area contributed by atoms with Gasteiger partial charge in [-0.25, -0.2) is 0 Å². The molecular weight excluding hydrogens is 280 g/mol. The summed E-state index contributed by atoms with van der Waals surface area (Å²) in [5.41, 5.74) is -0.560. The zero-order chi connectivity index (χ0) is 16.3. The zero-order valence-corrected chi connectivity index (χ0v) is 13.7. The third kappa shape index (κ3) is 4.32. The van der Waals surface area contributed by atoms with Gasteiger partial charge in [0.2, 0.25) is 5.91 Å². The van der Waals surface area contributed by atoms with E-state index in [9.17, 15) is 14.7 Å². The standard InChI is InChI=1S/C17H28N2O3/c1-4-12-11-19-6-5-13(12)7-14(19)10-18-15(20)8-17(2,3)9-16(21)22/h4,12-14H,1,5-11H2,2-3H3,(H,18,20)(H,21,22)/t12-,13+,14+/m0/s1. The summed E-state index contributed by atoms with van der Waals surface area (Å²) in [7, 11) is 0. The van der Waals surface area contributed by atoms with Gasteiger partial charge in [0, 0.05) is 31.1 Å². The summed E-state index contributed by atoms with van der Waals surface area (Å²) in [5, 5.41) is 13.7. The van der Waals surface area contributed by atoms with Gasteiger partial charge in [0.15, 0.2) is 0 Å². The molecule has 2 N–H and O–H groups in total. The smallest absolute Gasteiger partial charge is 0.220 e. The van der Waals surface area contributed by atoms with Gasteiger partial charge in [-0.3, -0.25) is 4.79 Å². The summed E-state index contributed by atoms with van der Waals surface area (Å²) in [4.78, 5) is 24.3. The first kappa shape index (κ1) is 17.0. The second kappa shape index (κ2) is 6.82. The number of hydrogen-bond acceptors (Lipinski definition) is 3.